The first-order chi connectivity index (χ1) is 16.2. The van der Waals surface area contributed by atoms with Gasteiger partial charge in [0.1, 0.15) is 23.6 Å². The number of carbonyl (C=O) groups excluding carboxylic acids is 1. The second-order valence-corrected chi connectivity index (χ2v) is 7.30. The molecule has 0 spiro atoms. The van der Waals surface area contributed by atoms with Gasteiger partial charge in [-0.05, 0) is 6.07 Å². The number of fused-ring (bicyclic) bond motifs is 3. The van der Waals surface area contributed by atoms with Crippen molar-refractivity contribution in [1.29, 1.82) is 0 Å². The molecular formula is C24H20N6O3. The summed E-state index contributed by atoms with van der Waals surface area (Å²) in [6.07, 6.45) is 4.87. The van der Waals surface area contributed by atoms with E-state index in [9.17, 15) is 4.79 Å². The van der Waals surface area contributed by atoms with Crippen LogP contribution in [0, 0.1) is 0 Å². The molecule has 0 unspecified atom stereocenters. The van der Waals surface area contributed by atoms with Crippen LogP contribution in [0.4, 0.5) is 11.5 Å². The summed E-state index contributed by atoms with van der Waals surface area (Å²) in [5, 5.41) is 4.94. The highest BCUT2D eigenvalue weighted by atomic mass is 16.5. The second kappa shape index (κ2) is 8.54. The van der Waals surface area contributed by atoms with Crippen LogP contribution in [-0.2, 0) is 6.42 Å². The van der Waals surface area contributed by atoms with E-state index < -0.39 is 0 Å². The minimum absolute atomic E-state index is 0.0306. The van der Waals surface area contributed by atoms with Crippen molar-refractivity contribution in [3.05, 3.63) is 72.6 Å². The normalized spacial score (nSPS) is 11.0. The Hall–Kier alpha value is -4.53. The first-order valence-electron chi connectivity index (χ1n) is 10.2. The summed E-state index contributed by atoms with van der Waals surface area (Å²) >= 11 is 0. The van der Waals surface area contributed by atoms with Gasteiger partial charge in [-0.15, -0.1) is 0 Å². The van der Waals surface area contributed by atoms with E-state index in [1.54, 1.807) is 38.7 Å². The van der Waals surface area contributed by atoms with Crippen LogP contribution in [-0.4, -0.2) is 44.9 Å². The molecule has 0 saturated carbocycles. The van der Waals surface area contributed by atoms with Gasteiger partial charge in [-0.25, -0.2) is 19.9 Å². The number of hydrogen-bond acceptors (Lipinski definition) is 8. The number of anilines is 2. The van der Waals surface area contributed by atoms with E-state index in [0.717, 1.165) is 16.3 Å². The maximum absolute atomic E-state index is 12.4. The third kappa shape index (κ3) is 3.91. The number of ether oxygens (including phenoxy) is 2. The van der Waals surface area contributed by atoms with Gasteiger partial charge in [0.25, 0.3) is 0 Å². The Morgan fingerprint density at radius 3 is 2.42 bits per heavy atom. The number of Topliss-reactive ketones (excluding diaryl/α,β-unsaturated/α-hetero) is 1. The largest absolute Gasteiger partial charge is 0.493 e. The molecule has 5 rings (SSSR count). The molecule has 0 amide bonds. The molecule has 2 aromatic carbocycles. The van der Waals surface area contributed by atoms with Gasteiger partial charge in [-0.3, -0.25) is 4.79 Å². The third-order valence-electron chi connectivity index (χ3n) is 5.28. The minimum Gasteiger partial charge on any atom is -0.493 e. The van der Waals surface area contributed by atoms with Crippen molar-refractivity contribution < 1.29 is 14.3 Å². The summed E-state index contributed by atoms with van der Waals surface area (Å²) in [5.41, 5.74) is 2.79. The molecule has 0 saturated heterocycles. The highest BCUT2D eigenvalue weighted by Crippen LogP contribution is 2.37. The van der Waals surface area contributed by atoms with Crippen LogP contribution in [0.2, 0.25) is 0 Å². The number of methoxy groups -OCH3 is 2. The van der Waals surface area contributed by atoms with E-state index in [1.165, 1.54) is 6.33 Å². The van der Waals surface area contributed by atoms with E-state index in [0.29, 0.717) is 40.0 Å². The molecule has 33 heavy (non-hydrogen) atoms. The maximum Gasteiger partial charge on any atom is 0.170 e. The van der Waals surface area contributed by atoms with Gasteiger partial charge in [0.15, 0.2) is 17.3 Å². The summed E-state index contributed by atoms with van der Waals surface area (Å²) in [7, 11) is 3.19. The van der Waals surface area contributed by atoms with Gasteiger partial charge >= 0.3 is 0 Å². The molecule has 5 aromatic rings. The summed E-state index contributed by atoms with van der Waals surface area (Å²) in [4.78, 5) is 33.1. The average Bonchev–Trinajstić information content (AvgIpc) is 3.23. The van der Waals surface area contributed by atoms with E-state index >= 15 is 0 Å². The van der Waals surface area contributed by atoms with E-state index in [4.69, 9.17) is 9.47 Å². The number of ketones is 1. The highest BCUT2D eigenvalue weighted by molar-refractivity contribution is 6.12. The summed E-state index contributed by atoms with van der Waals surface area (Å²) in [6, 6.07) is 12.9. The molecule has 164 valence electrons. The van der Waals surface area contributed by atoms with Crippen molar-refractivity contribution in [2.45, 2.75) is 6.42 Å². The van der Waals surface area contributed by atoms with Crippen molar-refractivity contribution in [1.82, 2.24) is 24.9 Å². The number of nitrogens with one attached hydrogen (secondary N) is 2. The fraction of sp³-hybridized carbons (Fsp3) is 0.125. The average molecular weight is 440 g/mol. The lowest BCUT2D eigenvalue weighted by Crippen LogP contribution is -2.07. The monoisotopic (exact) mass is 440 g/mol. The van der Waals surface area contributed by atoms with Crippen LogP contribution < -0.4 is 14.8 Å². The molecule has 0 aliphatic carbocycles. The third-order valence-corrected chi connectivity index (χ3v) is 5.28. The Bertz CT molecular complexity index is 1450. The van der Waals surface area contributed by atoms with E-state index in [1.807, 2.05) is 30.3 Å². The first-order valence-corrected chi connectivity index (χ1v) is 10.2. The number of hydrogen-bond donors (Lipinski definition) is 2. The molecule has 3 aromatic heterocycles. The van der Waals surface area contributed by atoms with Crippen molar-refractivity contribution >= 4 is 39.2 Å². The Kier molecular flexibility index (Phi) is 5.27. The van der Waals surface area contributed by atoms with Gasteiger partial charge in [0, 0.05) is 17.0 Å². The van der Waals surface area contributed by atoms with Crippen LogP contribution >= 0.6 is 0 Å². The SMILES string of the molecule is COc1cc2[nH]c3ncnc(Nc4cnc(CC(=O)c5ccccc5)nc4)c3c2cc1OC. The summed E-state index contributed by atoms with van der Waals surface area (Å²) in [6.45, 7) is 0. The fourth-order valence-electron chi connectivity index (χ4n) is 3.66. The summed E-state index contributed by atoms with van der Waals surface area (Å²) < 4.78 is 10.8. The number of carbonyl (C=O) groups is 1. The van der Waals surface area contributed by atoms with Crippen LogP contribution in [0.3, 0.4) is 0 Å². The highest BCUT2D eigenvalue weighted by Gasteiger charge is 2.16. The van der Waals surface area contributed by atoms with Gasteiger partial charge in [-0.2, -0.15) is 0 Å². The van der Waals surface area contributed by atoms with Crippen LogP contribution in [0.1, 0.15) is 16.2 Å². The predicted molar refractivity (Wildman–Crippen MR) is 124 cm³/mol. The van der Waals surface area contributed by atoms with Gasteiger partial charge < -0.3 is 19.8 Å². The van der Waals surface area contributed by atoms with Gasteiger partial charge in [0.2, 0.25) is 0 Å². The molecular weight excluding hydrogens is 420 g/mol. The molecule has 0 radical (unpaired) electrons. The molecule has 0 atom stereocenters. The molecule has 0 aliphatic rings. The Balaban J connectivity index is 1.43. The molecule has 0 bridgehead atoms. The number of rotatable bonds is 7. The lowest BCUT2D eigenvalue weighted by atomic mass is 10.1. The maximum atomic E-state index is 12.4. The molecule has 2 N–H and O–H groups in total. The number of aromatic nitrogens is 5. The van der Waals surface area contributed by atoms with Crippen molar-refractivity contribution in [2.75, 3.05) is 19.5 Å². The lowest BCUT2D eigenvalue weighted by Gasteiger charge is -2.09. The standard InChI is InChI=1S/C24H20N6O3/c1-32-19-8-16-17(9-20(19)33-2)30-24-22(16)23(27-13-28-24)29-15-11-25-21(26-12-15)10-18(31)14-6-4-3-5-7-14/h3-9,11-13H,10H2,1-2H3,(H2,27,28,29,30). The summed E-state index contributed by atoms with van der Waals surface area (Å²) in [5.74, 6) is 2.24. The van der Waals surface area contributed by atoms with E-state index in [-0.39, 0.29) is 12.2 Å². The zero-order valence-electron chi connectivity index (χ0n) is 18.0. The zero-order valence-corrected chi connectivity index (χ0v) is 18.0. The van der Waals surface area contributed by atoms with Crippen LogP contribution in [0.25, 0.3) is 21.9 Å². The Morgan fingerprint density at radius 2 is 1.70 bits per heavy atom. The van der Waals surface area contributed by atoms with Crippen LogP contribution in [0.5, 0.6) is 11.5 Å². The predicted octanol–water partition coefficient (Wildman–Crippen LogP) is 4.09. The zero-order chi connectivity index (χ0) is 22.8. The molecule has 9 heteroatoms. The smallest absolute Gasteiger partial charge is 0.170 e. The number of nitrogens with zero attached hydrogens (tertiary/aromatic N) is 4. The van der Waals surface area contributed by atoms with Crippen molar-refractivity contribution in [3.8, 4) is 11.5 Å². The quantitative estimate of drug-likeness (QED) is 0.364. The molecule has 0 fully saturated rings. The number of aromatic amines is 1. The van der Waals surface area contributed by atoms with E-state index in [2.05, 4.69) is 30.2 Å². The van der Waals surface area contributed by atoms with Crippen molar-refractivity contribution in [2.24, 2.45) is 0 Å². The topological polar surface area (TPSA) is 115 Å². The van der Waals surface area contributed by atoms with Gasteiger partial charge in [-0.1, -0.05) is 30.3 Å². The Labute approximate surface area is 188 Å². The lowest BCUT2D eigenvalue weighted by molar-refractivity contribution is 0.0991. The first kappa shape index (κ1) is 20.4. The minimum atomic E-state index is -0.0306. The second-order valence-electron chi connectivity index (χ2n) is 7.30. The van der Waals surface area contributed by atoms with Crippen molar-refractivity contribution in [3.63, 3.8) is 0 Å². The number of benzene rings is 2. The van der Waals surface area contributed by atoms with Gasteiger partial charge in [0.05, 0.1) is 49.6 Å². The van der Waals surface area contributed by atoms with Crippen LogP contribution in [0.15, 0.2) is 61.2 Å². The molecule has 0 aliphatic heterocycles. The molecule has 9 nitrogen and oxygen atoms in total. The fourth-order valence-corrected chi connectivity index (χ4v) is 3.66. The molecule has 3 heterocycles. The Morgan fingerprint density at radius 1 is 0.970 bits per heavy atom. The number of H-pyrrole nitrogens is 1.